The van der Waals surface area contributed by atoms with E-state index in [-0.39, 0.29) is 12.4 Å². The Morgan fingerprint density at radius 1 is 1.50 bits per heavy atom. The van der Waals surface area contributed by atoms with Crippen molar-refractivity contribution in [2.45, 2.75) is 12.8 Å². The molecular formula is C7H11ClN2O2. The van der Waals surface area contributed by atoms with E-state index in [1.807, 2.05) is 6.07 Å². The molecule has 1 saturated heterocycles. The van der Waals surface area contributed by atoms with E-state index < -0.39 is 11.4 Å². The summed E-state index contributed by atoms with van der Waals surface area (Å²) in [5.74, 6) is -0.985. The first-order valence-electron chi connectivity index (χ1n) is 3.57. The van der Waals surface area contributed by atoms with Gasteiger partial charge in [-0.1, -0.05) is 0 Å². The zero-order chi connectivity index (χ0) is 8.32. The van der Waals surface area contributed by atoms with E-state index in [4.69, 9.17) is 10.4 Å². The molecule has 0 spiro atoms. The lowest BCUT2D eigenvalue weighted by Gasteiger charge is -2.26. The van der Waals surface area contributed by atoms with Crippen LogP contribution in [-0.4, -0.2) is 24.2 Å². The summed E-state index contributed by atoms with van der Waals surface area (Å²) in [7, 11) is 0. The Morgan fingerprint density at radius 3 is 2.25 bits per heavy atom. The Hall–Kier alpha value is -0.790. The summed E-state index contributed by atoms with van der Waals surface area (Å²) in [4.78, 5) is 10.7. The molecule has 0 aliphatic carbocycles. The summed E-state index contributed by atoms with van der Waals surface area (Å²) >= 11 is 0. The van der Waals surface area contributed by atoms with Crippen LogP contribution in [0.15, 0.2) is 0 Å². The Kier molecular flexibility index (Phi) is 4.01. The topological polar surface area (TPSA) is 73.1 Å². The number of hydrogen-bond acceptors (Lipinski definition) is 3. The first-order valence-corrected chi connectivity index (χ1v) is 3.57. The summed E-state index contributed by atoms with van der Waals surface area (Å²) in [6, 6.07) is 1.88. The minimum atomic E-state index is -1.12. The van der Waals surface area contributed by atoms with Crippen LogP contribution in [0.4, 0.5) is 0 Å². The Bertz CT molecular complexity index is 206. The largest absolute Gasteiger partial charge is 0.480 e. The molecule has 5 heteroatoms. The molecule has 1 fully saturated rings. The van der Waals surface area contributed by atoms with Gasteiger partial charge in [-0.05, 0) is 25.9 Å². The number of rotatable bonds is 1. The van der Waals surface area contributed by atoms with Gasteiger partial charge in [0.15, 0.2) is 5.41 Å². The standard InChI is InChI=1S/C7H10N2O2.ClH/c8-5-7(6(10)11)1-3-9-4-2-7;/h9H,1-4H2,(H,10,11);1H. The van der Waals surface area contributed by atoms with Crippen LogP contribution < -0.4 is 5.32 Å². The van der Waals surface area contributed by atoms with Crippen molar-refractivity contribution in [2.75, 3.05) is 13.1 Å². The maximum Gasteiger partial charge on any atom is 0.324 e. The molecule has 1 heterocycles. The van der Waals surface area contributed by atoms with Crippen LogP contribution in [0.2, 0.25) is 0 Å². The summed E-state index contributed by atoms with van der Waals surface area (Å²) < 4.78 is 0. The third kappa shape index (κ3) is 1.87. The first-order chi connectivity index (χ1) is 5.21. The van der Waals surface area contributed by atoms with Crippen molar-refractivity contribution in [1.82, 2.24) is 5.32 Å². The normalized spacial score (nSPS) is 20.2. The van der Waals surface area contributed by atoms with Crippen LogP contribution in [0, 0.1) is 16.7 Å². The van der Waals surface area contributed by atoms with Crippen molar-refractivity contribution in [1.29, 1.82) is 5.26 Å². The van der Waals surface area contributed by atoms with Gasteiger partial charge >= 0.3 is 5.97 Å². The number of nitrogens with zero attached hydrogens (tertiary/aromatic N) is 1. The van der Waals surface area contributed by atoms with Crippen molar-refractivity contribution < 1.29 is 9.90 Å². The summed E-state index contributed by atoms with van der Waals surface area (Å²) in [5, 5.41) is 20.4. The Balaban J connectivity index is 0.00000121. The maximum atomic E-state index is 10.7. The molecule has 0 bridgehead atoms. The average molecular weight is 191 g/mol. The number of halogens is 1. The molecule has 0 atom stereocenters. The highest BCUT2D eigenvalue weighted by molar-refractivity contribution is 5.85. The number of piperidine rings is 1. The lowest BCUT2D eigenvalue weighted by molar-refractivity contribution is -0.146. The highest BCUT2D eigenvalue weighted by atomic mass is 35.5. The van der Waals surface area contributed by atoms with E-state index in [0.29, 0.717) is 25.9 Å². The van der Waals surface area contributed by atoms with Gasteiger partial charge in [-0.25, -0.2) is 0 Å². The first kappa shape index (κ1) is 11.2. The quantitative estimate of drug-likeness (QED) is 0.627. The number of nitrogens with one attached hydrogen (secondary N) is 1. The molecule has 1 rings (SSSR count). The van der Waals surface area contributed by atoms with Crippen LogP contribution in [0.5, 0.6) is 0 Å². The Labute approximate surface area is 77.0 Å². The van der Waals surface area contributed by atoms with Crippen LogP contribution in [0.3, 0.4) is 0 Å². The lowest BCUT2D eigenvalue weighted by atomic mass is 9.81. The van der Waals surface area contributed by atoms with Gasteiger partial charge in [-0.3, -0.25) is 4.79 Å². The second-order valence-corrected chi connectivity index (χ2v) is 2.75. The molecule has 68 valence electrons. The molecule has 2 N–H and O–H groups in total. The molecule has 1 aliphatic heterocycles. The molecule has 0 aromatic carbocycles. The predicted molar refractivity (Wildman–Crippen MR) is 45.0 cm³/mol. The second-order valence-electron chi connectivity index (χ2n) is 2.75. The van der Waals surface area contributed by atoms with Gasteiger partial charge in [0.2, 0.25) is 0 Å². The number of nitriles is 1. The van der Waals surface area contributed by atoms with Gasteiger partial charge in [0, 0.05) is 0 Å². The lowest BCUT2D eigenvalue weighted by Crippen LogP contribution is -2.41. The van der Waals surface area contributed by atoms with E-state index in [0.717, 1.165) is 0 Å². The number of carboxylic acid groups (broad SMARTS) is 1. The molecule has 0 aromatic rings. The molecule has 0 radical (unpaired) electrons. The van der Waals surface area contributed by atoms with E-state index in [1.54, 1.807) is 0 Å². The molecule has 0 amide bonds. The summed E-state index contributed by atoms with van der Waals surface area (Å²) in [6.07, 6.45) is 0.831. The number of carbonyl (C=O) groups is 1. The third-order valence-corrected chi connectivity index (χ3v) is 2.08. The maximum absolute atomic E-state index is 10.7. The zero-order valence-electron chi connectivity index (χ0n) is 6.54. The van der Waals surface area contributed by atoms with Crippen molar-refractivity contribution in [3.8, 4) is 6.07 Å². The summed E-state index contributed by atoms with van der Waals surface area (Å²) in [5.41, 5.74) is -1.12. The number of aliphatic carboxylic acids is 1. The van der Waals surface area contributed by atoms with Gasteiger partial charge in [0.1, 0.15) is 0 Å². The molecule has 4 nitrogen and oxygen atoms in total. The monoisotopic (exact) mass is 190 g/mol. The van der Waals surface area contributed by atoms with Crippen LogP contribution in [-0.2, 0) is 4.79 Å². The second kappa shape index (κ2) is 4.29. The van der Waals surface area contributed by atoms with Gasteiger partial charge in [-0.15, -0.1) is 12.4 Å². The fourth-order valence-corrected chi connectivity index (χ4v) is 1.23. The highest BCUT2D eigenvalue weighted by Crippen LogP contribution is 2.27. The Morgan fingerprint density at radius 2 is 2.00 bits per heavy atom. The SMILES string of the molecule is Cl.N#CC1(C(=O)O)CCNCC1. The predicted octanol–water partition coefficient (Wildman–Crippen LogP) is 0.386. The van der Waals surface area contributed by atoms with E-state index in [2.05, 4.69) is 5.32 Å². The number of carboxylic acids is 1. The molecule has 1 aliphatic rings. The third-order valence-electron chi connectivity index (χ3n) is 2.08. The fourth-order valence-electron chi connectivity index (χ4n) is 1.23. The van der Waals surface area contributed by atoms with E-state index in [1.165, 1.54) is 0 Å². The molecule has 0 unspecified atom stereocenters. The minimum absolute atomic E-state index is 0. The van der Waals surface area contributed by atoms with Gasteiger partial charge in [0.05, 0.1) is 6.07 Å². The van der Waals surface area contributed by atoms with Crippen LogP contribution in [0.25, 0.3) is 0 Å². The van der Waals surface area contributed by atoms with Crippen LogP contribution in [0.1, 0.15) is 12.8 Å². The molecular weight excluding hydrogens is 180 g/mol. The van der Waals surface area contributed by atoms with Crippen molar-refractivity contribution >= 4 is 18.4 Å². The average Bonchev–Trinajstić information content (AvgIpc) is 2.05. The minimum Gasteiger partial charge on any atom is -0.480 e. The van der Waals surface area contributed by atoms with Gasteiger partial charge < -0.3 is 10.4 Å². The molecule has 12 heavy (non-hydrogen) atoms. The fraction of sp³-hybridized carbons (Fsp3) is 0.714. The van der Waals surface area contributed by atoms with E-state index >= 15 is 0 Å². The van der Waals surface area contributed by atoms with Crippen molar-refractivity contribution in [3.05, 3.63) is 0 Å². The smallest absolute Gasteiger partial charge is 0.324 e. The zero-order valence-corrected chi connectivity index (χ0v) is 7.36. The van der Waals surface area contributed by atoms with E-state index in [9.17, 15) is 4.79 Å². The molecule has 0 aromatic heterocycles. The highest BCUT2D eigenvalue weighted by Gasteiger charge is 2.39. The van der Waals surface area contributed by atoms with Crippen molar-refractivity contribution in [3.63, 3.8) is 0 Å². The number of hydrogen-bond donors (Lipinski definition) is 2. The van der Waals surface area contributed by atoms with Gasteiger partial charge in [0.25, 0.3) is 0 Å². The summed E-state index contributed by atoms with van der Waals surface area (Å²) in [6.45, 7) is 1.25. The van der Waals surface area contributed by atoms with Crippen molar-refractivity contribution in [2.24, 2.45) is 5.41 Å². The molecule has 0 saturated carbocycles. The van der Waals surface area contributed by atoms with Gasteiger partial charge in [-0.2, -0.15) is 5.26 Å². The van der Waals surface area contributed by atoms with Crippen LogP contribution >= 0.6 is 12.4 Å².